The zero-order chi connectivity index (χ0) is 14.2. The van der Waals surface area contributed by atoms with Crippen molar-refractivity contribution < 1.29 is 5.11 Å². The minimum Gasteiger partial charge on any atom is -0.384 e. The number of aliphatic hydroxyl groups is 1. The first-order valence-corrected chi connectivity index (χ1v) is 7.76. The Bertz CT molecular complexity index is 470. The molecule has 1 aliphatic rings. The van der Waals surface area contributed by atoms with Crippen LogP contribution in [-0.4, -0.2) is 29.2 Å². The standard InChI is InChI=1S/C18H25NO/c1-2-7-18-11-3-4-12-19(18)15-17-9-5-8-16(14-17)10-6-13-20/h5,8-9,14,18,20H,2-4,7,11-13,15H2,1H3. The van der Waals surface area contributed by atoms with Gasteiger partial charge in [0.25, 0.3) is 0 Å². The molecule has 1 fully saturated rings. The Labute approximate surface area is 122 Å². The van der Waals surface area contributed by atoms with Crippen LogP contribution in [0.2, 0.25) is 0 Å². The van der Waals surface area contributed by atoms with E-state index in [-0.39, 0.29) is 6.61 Å². The third-order valence-corrected chi connectivity index (χ3v) is 4.00. The van der Waals surface area contributed by atoms with E-state index in [0.717, 1.165) is 18.2 Å². The number of rotatable bonds is 4. The lowest BCUT2D eigenvalue weighted by Crippen LogP contribution is -2.38. The normalized spacial score (nSPS) is 19.4. The van der Waals surface area contributed by atoms with Crippen molar-refractivity contribution in [3.63, 3.8) is 0 Å². The summed E-state index contributed by atoms with van der Waals surface area (Å²) in [5, 5.41) is 8.77. The lowest BCUT2D eigenvalue weighted by atomic mass is 9.97. The first-order valence-electron chi connectivity index (χ1n) is 7.76. The number of hydrogen-bond donors (Lipinski definition) is 1. The molecule has 108 valence electrons. The molecular formula is C18H25NO. The number of piperidine rings is 1. The fourth-order valence-electron chi connectivity index (χ4n) is 3.05. The third kappa shape index (κ3) is 4.37. The second-order valence-corrected chi connectivity index (χ2v) is 5.57. The van der Waals surface area contributed by atoms with Gasteiger partial charge in [-0.15, -0.1) is 0 Å². The third-order valence-electron chi connectivity index (χ3n) is 4.00. The summed E-state index contributed by atoms with van der Waals surface area (Å²) in [7, 11) is 0. The van der Waals surface area contributed by atoms with E-state index in [9.17, 15) is 0 Å². The van der Waals surface area contributed by atoms with Crippen LogP contribution in [0.5, 0.6) is 0 Å². The summed E-state index contributed by atoms with van der Waals surface area (Å²) in [5.74, 6) is 5.71. The highest BCUT2D eigenvalue weighted by Gasteiger charge is 2.21. The molecule has 0 amide bonds. The number of benzene rings is 1. The molecule has 0 spiro atoms. The Morgan fingerprint density at radius 2 is 2.25 bits per heavy atom. The maximum absolute atomic E-state index is 8.77. The average Bonchev–Trinajstić information content (AvgIpc) is 2.48. The molecule has 20 heavy (non-hydrogen) atoms. The Kier molecular flexibility index (Phi) is 6.11. The van der Waals surface area contributed by atoms with Crippen LogP contribution in [0.15, 0.2) is 24.3 Å². The molecule has 1 aromatic carbocycles. The molecule has 1 heterocycles. The van der Waals surface area contributed by atoms with Gasteiger partial charge in [0.15, 0.2) is 0 Å². The van der Waals surface area contributed by atoms with Gasteiger partial charge in [0.2, 0.25) is 0 Å². The van der Waals surface area contributed by atoms with E-state index in [1.54, 1.807) is 0 Å². The molecule has 2 rings (SSSR count). The quantitative estimate of drug-likeness (QED) is 0.850. The van der Waals surface area contributed by atoms with Crippen molar-refractivity contribution in [3.05, 3.63) is 35.4 Å². The molecule has 1 atom stereocenters. The molecule has 1 aliphatic heterocycles. The fraction of sp³-hybridized carbons (Fsp3) is 0.556. The molecule has 1 saturated heterocycles. The molecule has 1 N–H and O–H groups in total. The van der Waals surface area contributed by atoms with Crippen molar-refractivity contribution in [1.82, 2.24) is 4.90 Å². The first-order chi connectivity index (χ1) is 9.83. The Balaban J connectivity index is 2.04. The van der Waals surface area contributed by atoms with Gasteiger partial charge in [-0.3, -0.25) is 4.90 Å². The molecule has 2 nitrogen and oxygen atoms in total. The van der Waals surface area contributed by atoms with Gasteiger partial charge in [0.05, 0.1) is 0 Å². The molecule has 1 aromatic rings. The molecule has 2 heteroatoms. The summed E-state index contributed by atoms with van der Waals surface area (Å²) in [5.41, 5.74) is 2.33. The van der Waals surface area contributed by atoms with E-state index >= 15 is 0 Å². The van der Waals surface area contributed by atoms with E-state index in [0.29, 0.717) is 0 Å². The summed E-state index contributed by atoms with van der Waals surface area (Å²) in [6.45, 7) is 4.45. The van der Waals surface area contributed by atoms with Crippen LogP contribution in [0.3, 0.4) is 0 Å². The highest BCUT2D eigenvalue weighted by atomic mass is 16.2. The highest BCUT2D eigenvalue weighted by Crippen LogP contribution is 2.23. The SMILES string of the molecule is CCCC1CCCCN1Cc1cccc(C#CCO)c1. The predicted octanol–water partition coefficient (Wildman–Crippen LogP) is 3.19. The van der Waals surface area contributed by atoms with Crippen molar-refractivity contribution in [2.45, 2.75) is 51.6 Å². The Morgan fingerprint density at radius 1 is 1.35 bits per heavy atom. The molecule has 1 unspecified atom stereocenters. The van der Waals surface area contributed by atoms with Gasteiger partial charge in [0, 0.05) is 18.2 Å². The van der Waals surface area contributed by atoms with Crippen LogP contribution in [0.25, 0.3) is 0 Å². The summed E-state index contributed by atoms with van der Waals surface area (Å²) >= 11 is 0. The second kappa shape index (κ2) is 8.09. The van der Waals surface area contributed by atoms with Gasteiger partial charge in [0.1, 0.15) is 6.61 Å². The Morgan fingerprint density at radius 3 is 3.05 bits per heavy atom. The maximum Gasteiger partial charge on any atom is 0.104 e. The molecule has 0 aromatic heterocycles. The van der Waals surface area contributed by atoms with Gasteiger partial charge in [-0.1, -0.05) is 43.7 Å². The van der Waals surface area contributed by atoms with Crippen molar-refractivity contribution in [1.29, 1.82) is 0 Å². The van der Waals surface area contributed by atoms with Crippen molar-refractivity contribution >= 4 is 0 Å². The average molecular weight is 271 g/mol. The molecule has 0 aliphatic carbocycles. The van der Waals surface area contributed by atoms with Gasteiger partial charge in [-0.25, -0.2) is 0 Å². The monoisotopic (exact) mass is 271 g/mol. The molecule has 0 radical (unpaired) electrons. The van der Waals surface area contributed by atoms with E-state index < -0.39 is 0 Å². The summed E-state index contributed by atoms with van der Waals surface area (Å²) in [4.78, 5) is 2.63. The smallest absolute Gasteiger partial charge is 0.104 e. The maximum atomic E-state index is 8.77. The van der Waals surface area contributed by atoms with Crippen molar-refractivity contribution in [2.75, 3.05) is 13.2 Å². The van der Waals surface area contributed by atoms with Crippen molar-refractivity contribution in [3.8, 4) is 11.8 Å². The second-order valence-electron chi connectivity index (χ2n) is 5.57. The van der Waals surface area contributed by atoms with Crippen LogP contribution in [-0.2, 0) is 6.54 Å². The van der Waals surface area contributed by atoms with Gasteiger partial charge in [-0.05, 0) is 43.5 Å². The van der Waals surface area contributed by atoms with E-state index in [2.05, 4.69) is 41.9 Å². The zero-order valence-corrected chi connectivity index (χ0v) is 12.4. The van der Waals surface area contributed by atoms with Crippen LogP contribution in [0.1, 0.15) is 50.2 Å². The predicted molar refractivity (Wildman–Crippen MR) is 83.4 cm³/mol. The van der Waals surface area contributed by atoms with Gasteiger partial charge >= 0.3 is 0 Å². The summed E-state index contributed by atoms with van der Waals surface area (Å²) in [6.07, 6.45) is 6.62. The summed E-state index contributed by atoms with van der Waals surface area (Å²) < 4.78 is 0. The number of nitrogens with zero attached hydrogens (tertiary/aromatic N) is 1. The van der Waals surface area contributed by atoms with Gasteiger partial charge < -0.3 is 5.11 Å². The lowest BCUT2D eigenvalue weighted by Gasteiger charge is -2.35. The number of hydrogen-bond acceptors (Lipinski definition) is 2. The first kappa shape index (κ1) is 15.1. The lowest BCUT2D eigenvalue weighted by molar-refractivity contribution is 0.131. The van der Waals surface area contributed by atoms with Crippen molar-refractivity contribution in [2.24, 2.45) is 0 Å². The number of likely N-dealkylation sites (tertiary alicyclic amines) is 1. The van der Waals surface area contributed by atoms with Crippen LogP contribution >= 0.6 is 0 Å². The number of aliphatic hydroxyl groups excluding tert-OH is 1. The fourth-order valence-corrected chi connectivity index (χ4v) is 3.05. The summed E-state index contributed by atoms with van der Waals surface area (Å²) in [6, 6.07) is 9.16. The van der Waals surface area contributed by atoms with Gasteiger partial charge in [-0.2, -0.15) is 0 Å². The topological polar surface area (TPSA) is 23.5 Å². The Hall–Kier alpha value is -1.30. The largest absolute Gasteiger partial charge is 0.384 e. The van der Waals surface area contributed by atoms with E-state index in [1.807, 2.05) is 6.07 Å². The van der Waals surface area contributed by atoms with E-state index in [4.69, 9.17) is 5.11 Å². The van der Waals surface area contributed by atoms with E-state index in [1.165, 1.54) is 44.2 Å². The van der Waals surface area contributed by atoms with Crippen LogP contribution in [0, 0.1) is 11.8 Å². The van der Waals surface area contributed by atoms with Crippen LogP contribution in [0.4, 0.5) is 0 Å². The minimum absolute atomic E-state index is 0.0745. The minimum atomic E-state index is -0.0745. The molecule has 0 bridgehead atoms. The highest BCUT2D eigenvalue weighted by molar-refractivity contribution is 5.37. The zero-order valence-electron chi connectivity index (χ0n) is 12.4. The molecular weight excluding hydrogens is 246 g/mol. The molecule has 0 saturated carbocycles. The van der Waals surface area contributed by atoms with Crippen LogP contribution < -0.4 is 0 Å².